The Labute approximate surface area is 113 Å². The lowest BCUT2D eigenvalue weighted by Gasteiger charge is -2.35. The highest BCUT2D eigenvalue weighted by molar-refractivity contribution is 6.47. The molecule has 0 aromatic rings. The molecule has 3 heteroatoms. The SMILES string of the molecule is CCC1(C)OB(C2CCCCCCC2)OC1(C)C. The van der Waals surface area contributed by atoms with E-state index in [1.54, 1.807) is 0 Å². The summed E-state index contributed by atoms with van der Waals surface area (Å²) in [6, 6.07) is 0. The normalized spacial score (nSPS) is 34.3. The Morgan fingerprint density at radius 1 is 0.944 bits per heavy atom. The molecule has 1 heterocycles. The third kappa shape index (κ3) is 2.77. The van der Waals surface area contributed by atoms with E-state index in [4.69, 9.17) is 9.31 Å². The molecule has 18 heavy (non-hydrogen) atoms. The van der Waals surface area contributed by atoms with E-state index in [9.17, 15) is 0 Å². The van der Waals surface area contributed by atoms with Crippen LogP contribution in [0.3, 0.4) is 0 Å². The molecule has 2 rings (SSSR count). The van der Waals surface area contributed by atoms with Crippen molar-refractivity contribution in [3.63, 3.8) is 0 Å². The van der Waals surface area contributed by atoms with E-state index in [2.05, 4.69) is 27.7 Å². The van der Waals surface area contributed by atoms with Gasteiger partial charge in [0.1, 0.15) is 0 Å². The maximum absolute atomic E-state index is 6.33. The molecule has 1 unspecified atom stereocenters. The summed E-state index contributed by atoms with van der Waals surface area (Å²) in [7, 11) is 0.0306. The first-order chi connectivity index (χ1) is 8.48. The van der Waals surface area contributed by atoms with Gasteiger partial charge in [-0.05, 0) is 33.0 Å². The average Bonchev–Trinajstić information content (AvgIpc) is 2.50. The molecule has 1 saturated heterocycles. The van der Waals surface area contributed by atoms with E-state index in [1.807, 2.05) is 0 Å². The highest BCUT2D eigenvalue weighted by Crippen LogP contribution is 2.44. The molecule has 1 aliphatic carbocycles. The van der Waals surface area contributed by atoms with Crippen LogP contribution in [-0.2, 0) is 9.31 Å². The third-order valence-electron chi connectivity index (χ3n) is 5.27. The largest absolute Gasteiger partial charge is 0.461 e. The topological polar surface area (TPSA) is 18.5 Å². The zero-order valence-corrected chi connectivity index (χ0v) is 12.6. The zero-order chi connectivity index (χ0) is 13.2. The minimum absolute atomic E-state index is 0.0306. The predicted octanol–water partition coefficient (Wildman–Crippen LogP) is 4.58. The highest BCUT2D eigenvalue weighted by Gasteiger charge is 2.54. The summed E-state index contributed by atoms with van der Waals surface area (Å²) >= 11 is 0. The summed E-state index contributed by atoms with van der Waals surface area (Å²) in [5, 5.41) is 0. The standard InChI is InChI=1S/C15H29BO2/c1-5-15(4)14(2,3)17-16(18-15)13-11-9-7-6-8-10-12-13/h13H,5-12H2,1-4H3. The van der Waals surface area contributed by atoms with Gasteiger partial charge < -0.3 is 9.31 Å². The first kappa shape index (κ1) is 14.4. The number of hydrogen-bond donors (Lipinski definition) is 0. The molecule has 0 aromatic carbocycles. The van der Waals surface area contributed by atoms with Crippen LogP contribution in [0, 0.1) is 0 Å². The number of hydrogen-bond acceptors (Lipinski definition) is 2. The Morgan fingerprint density at radius 3 is 2.00 bits per heavy atom. The maximum atomic E-state index is 6.33. The summed E-state index contributed by atoms with van der Waals surface area (Å²) in [5.74, 6) is 0.609. The van der Waals surface area contributed by atoms with Crippen molar-refractivity contribution < 1.29 is 9.31 Å². The fourth-order valence-corrected chi connectivity index (χ4v) is 3.30. The number of rotatable bonds is 2. The highest BCUT2D eigenvalue weighted by atomic mass is 16.7. The second-order valence-corrected chi connectivity index (χ2v) is 6.80. The lowest BCUT2D eigenvalue weighted by molar-refractivity contribution is -0.0119. The molecule has 2 aliphatic rings. The van der Waals surface area contributed by atoms with Gasteiger partial charge in [-0.1, -0.05) is 51.9 Å². The second kappa shape index (κ2) is 5.54. The Bertz CT molecular complexity index is 272. The fourth-order valence-electron chi connectivity index (χ4n) is 3.30. The second-order valence-electron chi connectivity index (χ2n) is 6.80. The van der Waals surface area contributed by atoms with E-state index in [1.165, 1.54) is 44.9 Å². The van der Waals surface area contributed by atoms with Gasteiger partial charge in [-0.25, -0.2) is 0 Å². The maximum Gasteiger partial charge on any atom is 0.461 e. The van der Waals surface area contributed by atoms with Crippen molar-refractivity contribution in [1.82, 2.24) is 0 Å². The average molecular weight is 252 g/mol. The molecule has 0 spiro atoms. The minimum Gasteiger partial charge on any atom is -0.403 e. The van der Waals surface area contributed by atoms with Gasteiger partial charge in [-0.15, -0.1) is 0 Å². The lowest BCUT2D eigenvalue weighted by atomic mass is 9.66. The molecule has 0 radical (unpaired) electrons. The fraction of sp³-hybridized carbons (Fsp3) is 1.00. The molecular weight excluding hydrogens is 223 g/mol. The van der Waals surface area contributed by atoms with Crippen molar-refractivity contribution in [3.05, 3.63) is 0 Å². The van der Waals surface area contributed by atoms with Crippen molar-refractivity contribution in [2.45, 2.75) is 96.1 Å². The molecule has 0 N–H and O–H groups in total. The van der Waals surface area contributed by atoms with Crippen LogP contribution in [-0.4, -0.2) is 18.3 Å². The van der Waals surface area contributed by atoms with E-state index in [0.717, 1.165) is 6.42 Å². The molecule has 1 atom stereocenters. The minimum atomic E-state index is -0.158. The summed E-state index contributed by atoms with van der Waals surface area (Å²) in [6.45, 7) is 8.76. The van der Waals surface area contributed by atoms with Gasteiger partial charge in [0.05, 0.1) is 11.2 Å². The molecule has 2 fully saturated rings. The van der Waals surface area contributed by atoms with Gasteiger partial charge in [0, 0.05) is 0 Å². The summed E-state index contributed by atoms with van der Waals surface area (Å²) in [4.78, 5) is 0. The molecule has 104 valence electrons. The van der Waals surface area contributed by atoms with E-state index in [0.29, 0.717) is 5.82 Å². The zero-order valence-electron chi connectivity index (χ0n) is 12.6. The first-order valence-corrected chi connectivity index (χ1v) is 7.84. The van der Waals surface area contributed by atoms with Crippen LogP contribution in [0.2, 0.25) is 5.82 Å². The van der Waals surface area contributed by atoms with Gasteiger partial charge >= 0.3 is 7.12 Å². The molecule has 2 nitrogen and oxygen atoms in total. The molecule has 0 bridgehead atoms. The van der Waals surface area contributed by atoms with Crippen molar-refractivity contribution in [2.24, 2.45) is 0 Å². The third-order valence-corrected chi connectivity index (χ3v) is 5.27. The van der Waals surface area contributed by atoms with Crippen LogP contribution < -0.4 is 0 Å². The van der Waals surface area contributed by atoms with Crippen molar-refractivity contribution >= 4 is 7.12 Å². The van der Waals surface area contributed by atoms with Crippen LogP contribution >= 0.6 is 0 Å². The van der Waals surface area contributed by atoms with Crippen LogP contribution in [0.25, 0.3) is 0 Å². The summed E-state index contributed by atoms with van der Waals surface area (Å²) < 4.78 is 12.6. The Balaban J connectivity index is 2.01. The Morgan fingerprint density at radius 2 is 1.50 bits per heavy atom. The molecule has 0 aromatic heterocycles. The Hall–Kier alpha value is -0.0151. The molecular formula is C15H29BO2. The van der Waals surface area contributed by atoms with Gasteiger partial charge in [0.25, 0.3) is 0 Å². The Kier molecular flexibility index (Phi) is 4.43. The van der Waals surface area contributed by atoms with Crippen molar-refractivity contribution in [1.29, 1.82) is 0 Å². The van der Waals surface area contributed by atoms with Gasteiger partial charge in [-0.3, -0.25) is 0 Å². The van der Waals surface area contributed by atoms with Crippen molar-refractivity contribution in [3.8, 4) is 0 Å². The first-order valence-electron chi connectivity index (χ1n) is 7.84. The van der Waals surface area contributed by atoms with Gasteiger partial charge in [0.15, 0.2) is 0 Å². The predicted molar refractivity (Wildman–Crippen MR) is 76.8 cm³/mol. The summed E-state index contributed by atoms with van der Waals surface area (Å²) in [6.07, 6.45) is 10.4. The van der Waals surface area contributed by atoms with Crippen LogP contribution in [0.4, 0.5) is 0 Å². The van der Waals surface area contributed by atoms with Gasteiger partial charge in [-0.2, -0.15) is 0 Å². The van der Waals surface area contributed by atoms with Crippen molar-refractivity contribution in [2.75, 3.05) is 0 Å². The van der Waals surface area contributed by atoms with E-state index < -0.39 is 0 Å². The van der Waals surface area contributed by atoms with Gasteiger partial charge in [0.2, 0.25) is 0 Å². The molecule has 1 saturated carbocycles. The lowest BCUT2D eigenvalue weighted by Crippen LogP contribution is -2.44. The van der Waals surface area contributed by atoms with E-state index in [-0.39, 0.29) is 18.3 Å². The monoisotopic (exact) mass is 252 g/mol. The molecule has 1 aliphatic heterocycles. The van der Waals surface area contributed by atoms with E-state index >= 15 is 0 Å². The van der Waals surface area contributed by atoms with Crippen LogP contribution in [0.15, 0.2) is 0 Å². The van der Waals surface area contributed by atoms with Crippen LogP contribution in [0.1, 0.15) is 79.1 Å². The summed E-state index contributed by atoms with van der Waals surface area (Å²) in [5.41, 5.74) is -0.283. The quantitative estimate of drug-likeness (QED) is 0.669. The smallest absolute Gasteiger partial charge is 0.403 e. The molecule has 0 amide bonds. The van der Waals surface area contributed by atoms with Crippen LogP contribution in [0.5, 0.6) is 0 Å².